The van der Waals surface area contributed by atoms with Gasteiger partial charge in [-0.3, -0.25) is 0 Å². The highest BCUT2D eigenvalue weighted by atomic mass is 16.5. The van der Waals surface area contributed by atoms with E-state index in [2.05, 4.69) is 15.3 Å². The molecule has 0 bridgehead atoms. The Balaban J connectivity index is 2.27. The van der Waals surface area contributed by atoms with Crippen LogP contribution in [-0.4, -0.2) is 34.0 Å². The van der Waals surface area contributed by atoms with Crippen molar-refractivity contribution in [1.29, 1.82) is 5.26 Å². The van der Waals surface area contributed by atoms with E-state index in [1.54, 1.807) is 20.3 Å². The Bertz CT molecular complexity index is 941. The highest BCUT2D eigenvalue weighted by Gasteiger charge is 2.18. The van der Waals surface area contributed by atoms with Crippen LogP contribution in [-0.2, 0) is 0 Å². The van der Waals surface area contributed by atoms with Crippen molar-refractivity contribution in [3.05, 3.63) is 29.6 Å². The number of nitrogens with zero attached hydrogens (tertiary/aromatic N) is 5. The molecule has 8 nitrogen and oxygen atoms in total. The summed E-state index contributed by atoms with van der Waals surface area (Å²) in [6.07, 6.45) is 0. The molecule has 0 fully saturated rings. The van der Waals surface area contributed by atoms with Crippen LogP contribution >= 0.6 is 0 Å². The Morgan fingerprint density at radius 2 is 1.91 bits per heavy atom. The largest absolute Gasteiger partial charge is 0.493 e. The molecule has 2 aromatic heterocycles. The molecule has 0 saturated carbocycles. The maximum Gasteiger partial charge on any atom is 0.205 e. The molecule has 2 heterocycles. The Hall–Kier alpha value is -3.34. The van der Waals surface area contributed by atoms with Crippen LogP contribution in [0.3, 0.4) is 0 Å². The number of aromatic nitrogens is 4. The summed E-state index contributed by atoms with van der Waals surface area (Å²) >= 11 is 0. The van der Waals surface area contributed by atoms with Gasteiger partial charge >= 0.3 is 0 Å². The number of nitrogens with two attached hydrogens (primary N) is 1. The van der Waals surface area contributed by atoms with Crippen molar-refractivity contribution in [2.75, 3.05) is 20.0 Å². The molecule has 116 valence electrons. The number of hydrogen-bond donors (Lipinski definition) is 1. The second-order valence-electron chi connectivity index (χ2n) is 4.81. The molecule has 0 saturated heterocycles. The van der Waals surface area contributed by atoms with Crippen LogP contribution in [0.25, 0.3) is 16.8 Å². The van der Waals surface area contributed by atoms with E-state index in [9.17, 15) is 0 Å². The normalized spacial score (nSPS) is 10.5. The Kier molecular flexibility index (Phi) is 3.46. The summed E-state index contributed by atoms with van der Waals surface area (Å²) < 4.78 is 12.0. The lowest BCUT2D eigenvalue weighted by atomic mass is 10.1. The SMILES string of the molecule is COc1ccc(-c2c(C)nn3c(N)c(C#N)nnc23)cc1OC. The van der Waals surface area contributed by atoms with Gasteiger partial charge in [0.2, 0.25) is 5.69 Å². The highest BCUT2D eigenvalue weighted by Crippen LogP contribution is 2.35. The van der Waals surface area contributed by atoms with Gasteiger partial charge in [0.05, 0.1) is 25.5 Å². The van der Waals surface area contributed by atoms with Gasteiger partial charge in [-0.15, -0.1) is 10.2 Å². The van der Waals surface area contributed by atoms with Crippen molar-refractivity contribution in [1.82, 2.24) is 19.8 Å². The van der Waals surface area contributed by atoms with Crippen LogP contribution in [0.1, 0.15) is 11.4 Å². The molecule has 8 heteroatoms. The predicted octanol–water partition coefficient (Wildman–Crippen LogP) is 1.57. The first kappa shape index (κ1) is 14.6. The number of nitrogen functional groups attached to an aromatic ring is 1. The molecule has 0 aliphatic carbocycles. The van der Waals surface area contributed by atoms with Crippen molar-refractivity contribution in [3.63, 3.8) is 0 Å². The monoisotopic (exact) mass is 310 g/mol. The zero-order valence-electron chi connectivity index (χ0n) is 12.9. The van der Waals surface area contributed by atoms with Crippen molar-refractivity contribution in [2.45, 2.75) is 6.92 Å². The van der Waals surface area contributed by atoms with E-state index < -0.39 is 0 Å². The van der Waals surface area contributed by atoms with E-state index in [4.69, 9.17) is 20.5 Å². The van der Waals surface area contributed by atoms with E-state index >= 15 is 0 Å². The van der Waals surface area contributed by atoms with Gasteiger partial charge in [-0.05, 0) is 24.6 Å². The zero-order valence-corrected chi connectivity index (χ0v) is 12.9. The molecule has 0 radical (unpaired) electrons. The van der Waals surface area contributed by atoms with E-state index in [1.807, 2.05) is 25.1 Å². The van der Waals surface area contributed by atoms with Crippen LogP contribution in [0.5, 0.6) is 11.5 Å². The van der Waals surface area contributed by atoms with Crippen LogP contribution in [0, 0.1) is 18.3 Å². The average Bonchev–Trinajstić information content (AvgIpc) is 2.91. The lowest BCUT2D eigenvalue weighted by molar-refractivity contribution is 0.355. The molecule has 0 atom stereocenters. The minimum Gasteiger partial charge on any atom is -0.493 e. The molecule has 0 aliphatic rings. The van der Waals surface area contributed by atoms with Crippen molar-refractivity contribution in [2.24, 2.45) is 0 Å². The number of hydrogen-bond acceptors (Lipinski definition) is 7. The van der Waals surface area contributed by atoms with E-state index in [-0.39, 0.29) is 11.5 Å². The molecule has 3 aromatic rings. The minimum absolute atomic E-state index is 0.0406. The molecular formula is C15H14N6O2. The zero-order chi connectivity index (χ0) is 16.6. The Labute approximate surface area is 132 Å². The van der Waals surface area contributed by atoms with Gasteiger partial charge in [-0.1, -0.05) is 6.07 Å². The fourth-order valence-corrected chi connectivity index (χ4v) is 2.43. The summed E-state index contributed by atoms with van der Waals surface area (Å²) in [6, 6.07) is 7.41. The fourth-order valence-electron chi connectivity index (χ4n) is 2.43. The third-order valence-electron chi connectivity index (χ3n) is 3.53. The number of methoxy groups -OCH3 is 2. The number of nitriles is 1. The second-order valence-corrected chi connectivity index (χ2v) is 4.81. The summed E-state index contributed by atoms with van der Waals surface area (Å²) in [5, 5.41) is 21.3. The first-order valence-electron chi connectivity index (χ1n) is 6.74. The minimum atomic E-state index is 0.0406. The number of benzene rings is 1. The van der Waals surface area contributed by atoms with E-state index in [0.29, 0.717) is 22.8 Å². The maximum absolute atomic E-state index is 8.99. The molecule has 0 aliphatic heterocycles. The molecule has 2 N–H and O–H groups in total. The lowest BCUT2D eigenvalue weighted by Gasteiger charge is -2.09. The van der Waals surface area contributed by atoms with Gasteiger partial charge in [0.25, 0.3) is 0 Å². The topological polar surface area (TPSA) is 111 Å². The van der Waals surface area contributed by atoms with Crippen LogP contribution < -0.4 is 15.2 Å². The van der Waals surface area contributed by atoms with Crippen molar-refractivity contribution >= 4 is 11.5 Å². The summed E-state index contributed by atoms with van der Waals surface area (Å²) in [6.45, 7) is 1.84. The van der Waals surface area contributed by atoms with Gasteiger partial charge in [-0.2, -0.15) is 14.9 Å². The van der Waals surface area contributed by atoms with E-state index in [1.165, 1.54) is 4.52 Å². The van der Waals surface area contributed by atoms with Crippen molar-refractivity contribution < 1.29 is 9.47 Å². The fraction of sp³-hybridized carbons (Fsp3) is 0.200. The summed E-state index contributed by atoms with van der Waals surface area (Å²) in [5.41, 5.74) is 8.77. The van der Waals surface area contributed by atoms with Gasteiger partial charge < -0.3 is 15.2 Å². The quantitative estimate of drug-likeness (QED) is 0.781. The van der Waals surface area contributed by atoms with Crippen molar-refractivity contribution in [3.8, 4) is 28.7 Å². The smallest absolute Gasteiger partial charge is 0.205 e. The number of anilines is 1. The number of ether oxygens (including phenoxy) is 2. The molecule has 1 aromatic carbocycles. The predicted molar refractivity (Wildman–Crippen MR) is 83.2 cm³/mol. The lowest BCUT2D eigenvalue weighted by Crippen LogP contribution is -2.06. The summed E-state index contributed by atoms with van der Waals surface area (Å²) in [7, 11) is 3.15. The van der Waals surface area contributed by atoms with Gasteiger partial charge in [-0.25, -0.2) is 0 Å². The van der Waals surface area contributed by atoms with Crippen LogP contribution in [0.4, 0.5) is 5.82 Å². The number of fused-ring (bicyclic) bond motifs is 1. The molecular weight excluding hydrogens is 296 g/mol. The highest BCUT2D eigenvalue weighted by molar-refractivity contribution is 5.81. The summed E-state index contributed by atoms with van der Waals surface area (Å²) in [4.78, 5) is 0. The standard InChI is InChI=1S/C15H14N6O2/c1-8-13(9-4-5-11(22-2)12(6-9)23-3)15-19-18-10(7-16)14(17)21(15)20-8/h4-6H,17H2,1-3H3. The Morgan fingerprint density at radius 1 is 1.17 bits per heavy atom. The van der Waals surface area contributed by atoms with E-state index in [0.717, 1.165) is 11.1 Å². The molecule has 23 heavy (non-hydrogen) atoms. The van der Waals surface area contributed by atoms with Gasteiger partial charge in [0.15, 0.2) is 23.0 Å². The van der Waals surface area contributed by atoms with Crippen LogP contribution in [0.2, 0.25) is 0 Å². The van der Waals surface area contributed by atoms with Gasteiger partial charge in [0, 0.05) is 0 Å². The third kappa shape index (κ3) is 2.19. The molecule has 3 rings (SSSR count). The number of aryl methyl sites for hydroxylation is 1. The first-order chi connectivity index (χ1) is 11.1. The van der Waals surface area contributed by atoms with Gasteiger partial charge in [0.1, 0.15) is 6.07 Å². The first-order valence-corrected chi connectivity index (χ1v) is 6.74. The third-order valence-corrected chi connectivity index (χ3v) is 3.53. The number of rotatable bonds is 3. The second kappa shape index (κ2) is 5.46. The maximum atomic E-state index is 8.99. The molecule has 0 unspecified atom stereocenters. The van der Waals surface area contributed by atoms with Crippen LogP contribution in [0.15, 0.2) is 18.2 Å². The molecule has 0 amide bonds. The Morgan fingerprint density at radius 3 is 2.57 bits per heavy atom. The summed E-state index contributed by atoms with van der Waals surface area (Å²) in [5.74, 6) is 1.38. The molecule has 0 spiro atoms. The average molecular weight is 310 g/mol.